The van der Waals surface area contributed by atoms with Crippen LogP contribution < -0.4 is 15.0 Å². The average molecular weight is 245 g/mol. The monoisotopic (exact) mass is 245 g/mol. The van der Waals surface area contributed by atoms with Gasteiger partial charge in [-0.25, -0.2) is 4.57 Å². The Morgan fingerprint density at radius 2 is 1.94 bits per heavy atom. The number of rotatable bonds is 4. The molecule has 1 aromatic carbocycles. The molecule has 4 nitrogen and oxygen atoms in total. The summed E-state index contributed by atoms with van der Waals surface area (Å²) in [7, 11) is 0. The van der Waals surface area contributed by atoms with Crippen LogP contribution in [0.1, 0.15) is 5.56 Å². The smallest absolute Gasteiger partial charge is 0.182 e. The van der Waals surface area contributed by atoms with Gasteiger partial charge in [-0.2, -0.15) is 0 Å². The molecule has 18 heavy (non-hydrogen) atoms. The van der Waals surface area contributed by atoms with E-state index >= 15 is 0 Å². The fourth-order valence-electron chi connectivity index (χ4n) is 1.70. The Bertz CT molecular complexity index is 504. The first-order valence-corrected chi connectivity index (χ1v) is 5.81. The van der Waals surface area contributed by atoms with Gasteiger partial charge in [0, 0.05) is 23.9 Å². The Balaban J connectivity index is 1.90. The highest BCUT2D eigenvalue weighted by Gasteiger charge is 2.02. The third-order valence-electron chi connectivity index (χ3n) is 2.57. The molecule has 0 fully saturated rings. The normalized spacial score (nSPS) is 10.3. The average Bonchev–Trinajstić information content (AvgIpc) is 2.30. The lowest BCUT2D eigenvalue weighted by Gasteiger charge is -2.06. The second-order valence-corrected chi connectivity index (χ2v) is 4.22. The first-order chi connectivity index (χ1) is 8.63. The van der Waals surface area contributed by atoms with Gasteiger partial charge in [0.2, 0.25) is 0 Å². The van der Waals surface area contributed by atoms with Crippen molar-refractivity contribution >= 4 is 5.69 Å². The lowest BCUT2D eigenvalue weighted by molar-refractivity contribution is -0.697. The van der Waals surface area contributed by atoms with Gasteiger partial charge < -0.3 is 15.6 Å². The number of aryl methyl sites for hydroxylation is 1. The molecule has 0 aliphatic rings. The lowest BCUT2D eigenvalue weighted by Crippen LogP contribution is -2.35. The molecule has 0 spiro atoms. The quantitative estimate of drug-likeness (QED) is 0.805. The summed E-state index contributed by atoms with van der Waals surface area (Å²) in [6, 6.07) is 8.90. The molecule has 0 bridgehead atoms. The SMILES string of the molecule is Cc1cc(O)cc(OCC[n+]2ccc(N)cc2)c1. The summed E-state index contributed by atoms with van der Waals surface area (Å²) in [5.74, 6) is 0.911. The summed E-state index contributed by atoms with van der Waals surface area (Å²) >= 11 is 0. The molecule has 0 aliphatic carbocycles. The maximum Gasteiger partial charge on any atom is 0.182 e. The van der Waals surface area contributed by atoms with Crippen molar-refractivity contribution in [2.24, 2.45) is 0 Å². The molecule has 0 radical (unpaired) electrons. The van der Waals surface area contributed by atoms with E-state index in [1.165, 1.54) is 0 Å². The van der Waals surface area contributed by atoms with E-state index in [1.54, 1.807) is 12.1 Å². The number of pyridine rings is 1. The first kappa shape index (κ1) is 12.2. The summed E-state index contributed by atoms with van der Waals surface area (Å²) in [5, 5.41) is 9.44. The van der Waals surface area contributed by atoms with E-state index in [-0.39, 0.29) is 5.75 Å². The summed E-state index contributed by atoms with van der Waals surface area (Å²) < 4.78 is 7.58. The largest absolute Gasteiger partial charge is 0.508 e. The van der Waals surface area contributed by atoms with Crippen molar-refractivity contribution in [3.8, 4) is 11.5 Å². The number of nitrogens with two attached hydrogens (primary N) is 1. The fourth-order valence-corrected chi connectivity index (χ4v) is 1.70. The van der Waals surface area contributed by atoms with Gasteiger partial charge in [-0.1, -0.05) is 0 Å². The zero-order valence-electron chi connectivity index (χ0n) is 10.3. The Kier molecular flexibility index (Phi) is 3.67. The van der Waals surface area contributed by atoms with Crippen molar-refractivity contribution in [1.29, 1.82) is 0 Å². The van der Waals surface area contributed by atoms with Crippen LogP contribution in [0.15, 0.2) is 42.7 Å². The second-order valence-electron chi connectivity index (χ2n) is 4.22. The van der Waals surface area contributed by atoms with Crippen LogP contribution >= 0.6 is 0 Å². The Hall–Kier alpha value is -2.23. The standard InChI is InChI=1S/C14H16N2O2/c1-11-8-13(17)10-14(9-11)18-7-6-16-4-2-12(15)3-5-16/h2-5,8-10,15,17H,6-7H2,1H3/p+1. The Labute approximate surface area is 106 Å². The molecule has 0 saturated heterocycles. The van der Waals surface area contributed by atoms with E-state index in [9.17, 15) is 5.11 Å². The highest BCUT2D eigenvalue weighted by atomic mass is 16.5. The van der Waals surface area contributed by atoms with Crippen LogP contribution in [0.4, 0.5) is 5.69 Å². The van der Waals surface area contributed by atoms with Gasteiger partial charge in [0.05, 0.1) is 0 Å². The summed E-state index contributed by atoms with van der Waals surface area (Å²) in [6.07, 6.45) is 3.82. The van der Waals surface area contributed by atoms with Gasteiger partial charge >= 0.3 is 0 Å². The fraction of sp³-hybridized carbons (Fsp3) is 0.214. The Morgan fingerprint density at radius 1 is 1.22 bits per heavy atom. The predicted molar refractivity (Wildman–Crippen MR) is 69.4 cm³/mol. The maximum absolute atomic E-state index is 9.44. The molecule has 4 heteroatoms. The van der Waals surface area contributed by atoms with Gasteiger partial charge in [0.1, 0.15) is 18.1 Å². The molecule has 0 aliphatic heterocycles. The van der Waals surface area contributed by atoms with E-state index in [4.69, 9.17) is 10.5 Å². The van der Waals surface area contributed by atoms with Crippen molar-refractivity contribution in [2.75, 3.05) is 12.3 Å². The molecule has 2 aromatic rings. The van der Waals surface area contributed by atoms with Gasteiger partial charge in [0.25, 0.3) is 0 Å². The zero-order valence-corrected chi connectivity index (χ0v) is 10.3. The topological polar surface area (TPSA) is 59.4 Å². The molecule has 1 aromatic heterocycles. The minimum Gasteiger partial charge on any atom is -0.508 e. The number of phenolic OH excluding ortho intramolecular Hbond substituents is 1. The molecule has 94 valence electrons. The maximum atomic E-state index is 9.44. The van der Waals surface area contributed by atoms with Crippen molar-refractivity contribution in [2.45, 2.75) is 13.5 Å². The number of hydrogen-bond donors (Lipinski definition) is 2. The van der Waals surface area contributed by atoms with Crippen molar-refractivity contribution < 1.29 is 14.4 Å². The second kappa shape index (κ2) is 5.40. The van der Waals surface area contributed by atoms with Crippen LogP contribution in [0.3, 0.4) is 0 Å². The predicted octanol–water partition coefficient (Wildman–Crippen LogP) is 1.65. The van der Waals surface area contributed by atoms with Crippen molar-refractivity contribution in [1.82, 2.24) is 0 Å². The summed E-state index contributed by atoms with van der Waals surface area (Å²) in [4.78, 5) is 0. The molecule has 0 atom stereocenters. The Morgan fingerprint density at radius 3 is 2.61 bits per heavy atom. The summed E-state index contributed by atoms with van der Waals surface area (Å²) in [6.45, 7) is 3.19. The molecule has 3 N–H and O–H groups in total. The molecule has 0 saturated carbocycles. The minimum absolute atomic E-state index is 0.227. The molecule has 1 heterocycles. The molecule has 0 unspecified atom stereocenters. The number of aromatic hydroxyl groups is 1. The summed E-state index contributed by atoms with van der Waals surface area (Å²) in [5.41, 5.74) is 7.33. The third kappa shape index (κ3) is 3.38. The number of nitrogen functional groups attached to an aromatic ring is 1. The van der Waals surface area contributed by atoms with Gasteiger partial charge in [-0.15, -0.1) is 0 Å². The van der Waals surface area contributed by atoms with Gasteiger partial charge in [-0.05, 0) is 24.6 Å². The lowest BCUT2D eigenvalue weighted by atomic mass is 10.2. The van der Waals surface area contributed by atoms with Crippen LogP contribution in [0, 0.1) is 6.92 Å². The van der Waals surface area contributed by atoms with E-state index in [1.807, 2.05) is 42.1 Å². The zero-order chi connectivity index (χ0) is 13.0. The van der Waals surface area contributed by atoms with Crippen LogP contribution in [0.2, 0.25) is 0 Å². The molecular formula is C14H17N2O2+. The van der Waals surface area contributed by atoms with Crippen LogP contribution in [-0.2, 0) is 6.54 Å². The minimum atomic E-state index is 0.227. The molecular weight excluding hydrogens is 228 g/mol. The highest BCUT2D eigenvalue weighted by molar-refractivity contribution is 5.36. The van der Waals surface area contributed by atoms with Gasteiger partial charge in [0.15, 0.2) is 18.9 Å². The van der Waals surface area contributed by atoms with Crippen molar-refractivity contribution in [3.63, 3.8) is 0 Å². The van der Waals surface area contributed by atoms with Crippen LogP contribution in [0.25, 0.3) is 0 Å². The number of aromatic nitrogens is 1. The third-order valence-corrected chi connectivity index (χ3v) is 2.57. The van der Waals surface area contributed by atoms with Crippen LogP contribution in [0.5, 0.6) is 11.5 Å². The highest BCUT2D eigenvalue weighted by Crippen LogP contribution is 2.20. The number of hydrogen-bond acceptors (Lipinski definition) is 3. The van der Waals surface area contributed by atoms with E-state index < -0.39 is 0 Å². The van der Waals surface area contributed by atoms with Crippen LogP contribution in [-0.4, -0.2) is 11.7 Å². The van der Waals surface area contributed by atoms with Crippen molar-refractivity contribution in [3.05, 3.63) is 48.3 Å². The van der Waals surface area contributed by atoms with E-state index in [2.05, 4.69) is 0 Å². The van der Waals surface area contributed by atoms with E-state index in [0.29, 0.717) is 12.4 Å². The van der Waals surface area contributed by atoms with E-state index in [0.717, 1.165) is 17.8 Å². The number of nitrogens with zero attached hydrogens (tertiary/aromatic N) is 1. The molecule has 2 rings (SSSR count). The number of anilines is 1. The van der Waals surface area contributed by atoms with Gasteiger partial charge in [-0.3, -0.25) is 0 Å². The number of phenols is 1. The number of benzene rings is 1. The number of ether oxygens (including phenoxy) is 1. The molecule has 0 amide bonds. The first-order valence-electron chi connectivity index (χ1n) is 5.81.